The molecule has 0 aliphatic carbocycles. The van der Waals surface area contributed by atoms with E-state index in [1.54, 1.807) is 44.2 Å². The van der Waals surface area contributed by atoms with E-state index in [0.29, 0.717) is 5.56 Å². The van der Waals surface area contributed by atoms with Crippen LogP contribution in [0.1, 0.15) is 24.2 Å². The van der Waals surface area contributed by atoms with E-state index in [1.807, 2.05) is 0 Å². The average molecular weight is 253 g/mol. The third kappa shape index (κ3) is 3.78. The van der Waals surface area contributed by atoms with Crippen molar-refractivity contribution in [2.45, 2.75) is 24.6 Å². The minimum absolute atomic E-state index is 0.417. The summed E-state index contributed by atoms with van der Waals surface area (Å²) < 4.78 is -0.837. The van der Waals surface area contributed by atoms with E-state index in [1.165, 1.54) is 0 Å². The second-order valence-electron chi connectivity index (χ2n) is 4.26. The van der Waals surface area contributed by atoms with Gasteiger partial charge in [0.2, 0.25) is 0 Å². The minimum atomic E-state index is -1.10. The van der Waals surface area contributed by atoms with Gasteiger partial charge in [0, 0.05) is 10.3 Å². The van der Waals surface area contributed by atoms with Gasteiger partial charge in [0.05, 0.1) is 0 Å². The number of nitrogens with one attached hydrogen (secondary N) is 1. The minimum Gasteiger partial charge on any atom is -0.480 e. The van der Waals surface area contributed by atoms with Gasteiger partial charge in [-0.05, 0) is 26.0 Å². The molecular weight excluding hydrogens is 238 g/mol. The highest BCUT2D eigenvalue weighted by Gasteiger charge is 2.33. The maximum atomic E-state index is 11.8. The molecule has 17 heavy (non-hydrogen) atoms. The predicted molar refractivity (Wildman–Crippen MR) is 68.4 cm³/mol. The number of rotatable bonds is 4. The molecule has 0 aromatic heterocycles. The van der Waals surface area contributed by atoms with E-state index < -0.39 is 22.7 Å². The lowest BCUT2D eigenvalue weighted by atomic mass is 10.0. The van der Waals surface area contributed by atoms with Crippen molar-refractivity contribution in [1.29, 1.82) is 0 Å². The SMILES string of the molecule is CC(C)(S)C(NC(=O)c1ccccc1)C(=O)O. The number of benzene rings is 1. The Kier molecular flexibility index (Phi) is 4.17. The molecule has 0 aliphatic rings. The van der Waals surface area contributed by atoms with Crippen molar-refractivity contribution in [3.8, 4) is 0 Å². The fraction of sp³-hybridized carbons (Fsp3) is 0.333. The highest BCUT2D eigenvalue weighted by atomic mass is 32.1. The van der Waals surface area contributed by atoms with Gasteiger partial charge in [-0.25, -0.2) is 4.79 Å². The van der Waals surface area contributed by atoms with E-state index in [0.717, 1.165) is 0 Å². The molecule has 0 spiro atoms. The number of thiol groups is 1. The van der Waals surface area contributed by atoms with Crippen LogP contribution in [0.5, 0.6) is 0 Å². The molecular formula is C12H15NO3S. The second-order valence-corrected chi connectivity index (χ2v) is 5.42. The molecule has 1 rings (SSSR count). The van der Waals surface area contributed by atoms with Crippen molar-refractivity contribution in [2.24, 2.45) is 0 Å². The van der Waals surface area contributed by atoms with Gasteiger partial charge in [0.25, 0.3) is 5.91 Å². The monoisotopic (exact) mass is 253 g/mol. The number of hydrogen-bond acceptors (Lipinski definition) is 3. The number of amides is 1. The lowest BCUT2D eigenvalue weighted by Crippen LogP contribution is -2.51. The van der Waals surface area contributed by atoms with Crippen LogP contribution < -0.4 is 5.32 Å². The maximum absolute atomic E-state index is 11.8. The molecule has 0 bridgehead atoms. The molecule has 1 unspecified atom stereocenters. The van der Waals surface area contributed by atoms with Crippen molar-refractivity contribution in [2.75, 3.05) is 0 Å². The van der Waals surface area contributed by atoms with E-state index >= 15 is 0 Å². The first-order valence-electron chi connectivity index (χ1n) is 5.13. The largest absolute Gasteiger partial charge is 0.480 e. The number of carboxylic acid groups (broad SMARTS) is 1. The van der Waals surface area contributed by atoms with Crippen LogP contribution in [0.4, 0.5) is 0 Å². The van der Waals surface area contributed by atoms with Gasteiger partial charge >= 0.3 is 5.97 Å². The summed E-state index contributed by atoms with van der Waals surface area (Å²) in [4.78, 5) is 22.8. The van der Waals surface area contributed by atoms with E-state index in [2.05, 4.69) is 17.9 Å². The maximum Gasteiger partial charge on any atom is 0.327 e. The first-order chi connectivity index (χ1) is 7.82. The van der Waals surface area contributed by atoms with Crippen LogP contribution in [0, 0.1) is 0 Å². The fourth-order valence-electron chi connectivity index (χ4n) is 1.34. The zero-order valence-electron chi connectivity index (χ0n) is 9.68. The Morgan fingerprint density at radius 3 is 2.24 bits per heavy atom. The highest BCUT2D eigenvalue weighted by molar-refractivity contribution is 7.81. The van der Waals surface area contributed by atoms with Crippen molar-refractivity contribution in [3.63, 3.8) is 0 Å². The molecule has 0 saturated heterocycles. The van der Waals surface area contributed by atoms with E-state index in [9.17, 15) is 9.59 Å². The van der Waals surface area contributed by atoms with Crippen LogP contribution in [0.2, 0.25) is 0 Å². The van der Waals surface area contributed by atoms with Gasteiger partial charge in [-0.15, -0.1) is 0 Å². The molecule has 5 heteroatoms. The Hall–Kier alpha value is -1.49. The number of carboxylic acids is 1. The molecule has 0 radical (unpaired) electrons. The molecule has 1 aromatic rings. The lowest BCUT2D eigenvalue weighted by Gasteiger charge is -2.26. The van der Waals surface area contributed by atoms with Gasteiger partial charge in [-0.2, -0.15) is 12.6 Å². The van der Waals surface area contributed by atoms with Gasteiger partial charge in [0.15, 0.2) is 0 Å². The zero-order valence-corrected chi connectivity index (χ0v) is 10.6. The van der Waals surface area contributed by atoms with Crippen LogP contribution >= 0.6 is 12.6 Å². The molecule has 0 heterocycles. The Balaban J connectivity index is 2.83. The summed E-state index contributed by atoms with van der Waals surface area (Å²) in [6.45, 7) is 3.28. The molecule has 0 aliphatic heterocycles. The quantitative estimate of drug-likeness (QED) is 0.714. The Morgan fingerprint density at radius 1 is 1.29 bits per heavy atom. The van der Waals surface area contributed by atoms with Crippen LogP contribution in [-0.2, 0) is 4.79 Å². The summed E-state index contributed by atoms with van der Waals surface area (Å²) in [5.41, 5.74) is 0.427. The van der Waals surface area contributed by atoms with Gasteiger partial charge < -0.3 is 10.4 Å². The normalized spacial score (nSPS) is 12.9. The molecule has 1 amide bonds. The first-order valence-corrected chi connectivity index (χ1v) is 5.58. The van der Waals surface area contributed by atoms with Crippen LogP contribution in [-0.4, -0.2) is 27.8 Å². The summed E-state index contributed by atoms with van der Waals surface area (Å²) in [5.74, 6) is -1.52. The molecule has 0 saturated carbocycles. The summed E-state index contributed by atoms with van der Waals surface area (Å²) in [6, 6.07) is 7.43. The molecule has 1 atom stereocenters. The standard InChI is InChI=1S/C12H15NO3S/c1-12(2,17)9(11(15)16)13-10(14)8-6-4-3-5-7-8/h3-7,9,17H,1-2H3,(H,13,14)(H,15,16). The molecule has 92 valence electrons. The van der Waals surface area contributed by atoms with Gasteiger partial charge in [-0.1, -0.05) is 18.2 Å². The summed E-state index contributed by atoms with van der Waals surface area (Å²) in [7, 11) is 0. The summed E-state index contributed by atoms with van der Waals surface area (Å²) >= 11 is 4.18. The summed E-state index contributed by atoms with van der Waals surface area (Å²) in [5, 5.41) is 11.5. The Labute approximate surface area is 105 Å². The van der Waals surface area contributed by atoms with Crippen molar-refractivity contribution in [3.05, 3.63) is 35.9 Å². The third-order valence-electron chi connectivity index (χ3n) is 2.26. The lowest BCUT2D eigenvalue weighted by molar-refractivity contribution is -0.139. The van der Waals surface area contributed by atoms with E-state index in [-0.39, 0.29) is 0 Å². The van der Waals surface area contributed by atoms with Crippen molar-refractivity contribution in [1.82, 2.24) is 5.32 Å². The number of hydrogen-bond donors (Lipinski definition) is 3. The Morgan fingerprint density at radius 2 is 1.82 bits per heavy atom. The van der Waals surface area contributed by atoms with E-state index in [4.69, 9.17) is 5.11 Å². The molecule has 1 aromatic carbocycles. The number of carbonyl (C=O) groups excluding carboxylic acids is 1. The highest BCUT2D eigenvalue weighted by Crippen LogP contribution is 2.18. The van der Waals surface area contributed by atoms with Gasteiger partial charge in [-0.3, -0.25) is 4.79 Å². The topological polar surface area (TPSA) is 66.4 Å². The van der Waals surface area contributed by atoms with Crippen molar-refractivity contribution < 1.29 is 14.7 Å². The first kappa shape index (κ1) is 13.6. The number of carbonyl (C=O) groups is 2. The number of aliphatic carboxylic acids is 1. The molecule has 2 N–H and O–H groups in total. The zero-order chi connectivity index (χ0) is 13.1. The summed E-state index contributed by atoms with van der Waals surface area (Å²) in [6.07, 6.45) is 0. The Bertz CT molecular complexity index is 412. The second kappa shape index (κ2) is 5.23. The fourth-order valence-corrected chi connectivity index (χ4v) is 1.52. The van der Waals surface area contributed by atoms with Gasteiger partial charge in [0.1, 0.15) is 6.04 Å². The molecule has 4 nitrogen and oxygen atoms in total. The molecule has 0 fully saturated rings. The van der Waals surface area contributed by atoms with Crippen molar-refractivity contribution >= 4 is 24.5 Å². The van der Waals surface area contributed by atoms with Crippen LogP contribution in [0.25, 0.3) is 0 Å². The smallest absolute Gasteiger partial charge is 0.327 e. The van der Waals surface area contributed by atoms with Crippen LogP contribution in [0.3, 0.4) is 0 Å². The third-order valence-corrected chi connectivity index (χ3v) is 2.52. The average Bonchev–Trinajstić information content (AvgIpc) is 2.24. The van der Waals surface area contributed by atoms with Crippen LogP contribution in [0.15, 0.2) is 30.3 Å². The predicted octanol–water partition coefficient (Wildman–Crippen LogP) is 1.58.